The van der Waals surface area contributed by atoms with E-state index >= 15 is 0 Å². The molecule has 1 fully saturated rings. The van der Waals surface area contributed by atoms with Gasteiger partial charge in [-0.3, -0.25) is 9.69 Å². The molecule has 1 aromatic carbocycles. The monoisotopic (exact) mass is 410 g/mol. The van der Waals surface area contributed by atoms with Gasteiger partial charge in [0, 0.05) is 54.5 Å². The van der Waals surface area contributed by atoms with Gasteiger partial charge >= 0.3 is 5.97 Å². The molecule has 0 saturated carbocycles. The average Bonchev–Trinajstić information content (AvgIpc) is 3.14. The van der Waals surface area contributed by atoms with Gasteiger partial charge in [0.05, 0.1) is 0 Å². The average molecular weight is 411 g/mol. The Hall–Kier alpha value is -2.09. The minimum atomic E-state index is -1.10. The molecule has 0 bridgehead atoms. The molecule has 1 aliphatic rings. The number of amides is 1. The molecule has 1 atom stereocenters. The topological polar surface area (TPSA) is 78.7 Å². The number of aromatic nitrogens is 2. The first-order valence-electron chi connectivity index (χ1n) is 8.59. The Morgan fingerprint density at radius 1 is 1.15 bits per heavy atom. The van der Waals surface area contributed by atoms with Crippen molar-refractivity contribution < 1.29 is 14.7 Å². The number of halogens is 2. The highest BCUT2D eigenvalue weighted by Crippen LogP contribution is 2.26. The van der Waals surface area contributed by atoms with E-state index < -0.39 is 12.0 Å². The molecule has 2 heterocycles. The molecule has 2 aromatic rings. The maximum absolute atomic E-state index is 12.8. The lowest BCUT2D eigenvalue weighted by Gasteiger charge is -2.36. The van der Waals surface area contributed by atoms with Crippen molar-refractivity contribution in [1.29, 1.82) is 0 Å². The molecular weight excluding hydrogens is 391 g/mol. The summed E-state index contributed by atoms with van der Waals surface area (Å²) in [5.74, 6) is -1.25. The largest absolute Gasteiger partial charge is 0.477 e. The van der Waals surface area contributed by atoms with Gasteiger partial charge in [0.15, 0.2) is 0 Å². The fourth-order valence-corrected chi connectivity index (χ4v) is 3.71. The van der Waals surface area contributed by atoms with Crippen LogP contribution in [-0.2, 0) is 11.3 Å². The first-order valence-corrected chi connectivity index (χ1v) is 9.35. The van der Waals surface area contributed by atoms with Crippen molar-refractivity contribution >= 4 is 35.1 Å². The summed E-state index contributed by atoms with van der Waals surface area (Å²) in [6.07, 6.45) is 1.39. The van der Waals surface area contributed by atoms with E-state index in [0.29, 0.717) is 42.8 Å². The lowest BCUT2D eigenvalue weighted by atomic mass is 10.2. The van der Waals surface area contributed by atoms with Gasteiger partial charge in [0.1, 0.15) is 11.7 Å². The van der Waals surface area contributed by atoms with Crippen molar-refractivity contribution in [2.45, 2.75) is 19.5 Å². The van der Waals surface area contributed by atoms with E-state index in [-0.39, 0.29) is 11.6 Å². The first kappa shape index (κ1) is 19.7. The van der Waals surface area contributed by atoms with Crippen LogP contribution in [0.1, 0.15) is 29.0 Å². The van der Waals surface area contributed by atoms with Crippen LogP contribution in [0.15, 0.2) is 30.5 Å². The molecule has 0 spiro atoms. The van der Waals surface area contributed by atoms with Crippen molar-refractivity contribution in [3.05, 3.63) is 51.8 Å². The lowest BCUT2D eigenvalue weighted by molar-refractivity contribution is -0.136. The molecule has 144 valence electrons. The number of rotatable bonds is 5. The summed E-state index contributed by atoms with van der Waals surface area (Å²) in [6, 6.07) is 6.16. The Morgan fingerprint density at radius 3 is 2.37 bits per heavy atom. The number of benzene rings is 1. The summed E-state index contributed by atoms with van der Waals surface area (Å²) in [6.45, 7) is 4.76. The van der Waals surface area contributed by atoms with Gasteiger partial charge in [0.2, 0.25) is 5.91 Å². The zero-order chi connectivity index (χ0) is 19.6. The smallest absolute Gasteiger partial charge is 0.354 e. The van der Waals surface area contributed by atoms with Crippen molar-refractivity contribution in [1.82, 2.24) is 19.6 Å². The predicted molar refractivity (Wildman–Crippen MR) is 102 cm³/mol. The summed E-state index contributed by atoms with van der Waals surface area (Å²) in [4.78, 5) is 27.9. The first-order chi connectivity index (χ1) is 12.9. The highest BCUT2D eigenvalue weighted by Gasteiger charge is 2.28. The summed E-state index contributed by atoms with van der Waals surface area (Å²) >= 11 is 12.5. The van der Waals surface area contributed by atoms with Crippen LogP contribution in [0.4, 0.5) is 0 Å². The second kappa shape index (κ2) is 8.29. The number of carbonyl (C=O) groups is 2. The molecule has 7 nitrogen and oxygen atoms in total. The van der Waals surface area contributed by atoms with Gasteiger partial charge in [0.25, 0.3) is 0 Å². The summed E-state index contributed by atoms with van der Waals surface area (Å²) in [5.41, 5.74) is 0.888. The molecule has 27 heavy (non-hydrogen) atoms. The van der Waals surface area contributed by atoms with E-state index in [1.54, 1.807) is 11.8 Å². The standard InChI is InChI=1S/C18H20Cl2N4O3/c1-12(24-16(18(26)27)5-6-21-24)17(25)23-9-7-22(8-10-23)11-13-14(19)3-2-4-15(13)20/h2-6,12H,7-11H2,1H3,(H,26,27). The van der Waals surface area contributed by atoms with E-state index in [4.69, 9.17) is 23.2 Å². The summed E-state index contributed by atoms with van der Waals surface area (Å²) in [7, 11) is 0. The quantitative estimate of drug-likeness (QED) is 0.819. The summed E-state index contributed by atoms with van der Waals surface area (Å²) < 4.78 is 1.25. The SMILES string of the molecule is CC(C(=O)N1CCN(Cc2c(Cl)cccc2Cl)CC1)n1nccc1C(=O)O. The number of carbonyl (C=O) groups excluding carboxylic acids is 1. The Morgan fingerprint density at radius 2 is 1.78 bits per heavy atom. The Balaban J connectivity index is 1.61. The van der Waals surface area contributed by atoms with Crippen LogP contribution in [0.25, 0.3) is 0 Å². The van der Waals surface area contributed by atoms with Gasteiger partial charge in [-0.1, -0.05) is 29.3 Å². The normalized spacial score (nSPS) is 16.3. The number of piperazine rings is 1. The van der Waals surface area contributed by atoms with Gasteiger partial charge in [-0.05, 0) is 25.1 Å². The van der Waals surface area contributed by atoms with Gasteiger partial charge in [-0.25, -0.2) is 9.48 Å². The Bertz CT molecular complexity index is 827. The fraction of sp³-hybridized carbons (Fsp3) is 0.389. The van der Waals surface area contributed by atoms with Crippen LogP contribution in [-0.4, -0.2) is 62.7 Å². The number of carboxylic acid groups (broad SMARTS) is 1. The third kappa shape index (κ3) is 4.26. The van der Waals surface area contributed by atoms with Crippen molar-refractivity contribution in [2.75, 3.05) is 26.2 Å². The van der Waals surface area contributed by atoms with Crippen molar-refractivity contribution in [3.63, 3.8) is 0 Å². The van der Waals surface area contributed by atoms with Gasteiger partial charge in [-0.15, -0.1) is 0 Å². The second-order valence-corrected chi connectivity index (χ2v) is 7.26. The van der Waals surface area contributed by atoms with E-state index in [9.17, 15) is 14.7 Å². The third-order valence-electron chi connectivity index (χ3n) is 4.74. The Kier molecular flexibility index (Phi) is 6.04. The number of aromatic carboxylic acids is 1. The van der Waals surface area contributed by atoms with E-state index in [1.165, 1.54) is 16.9 Å². The van der Waals surface area contributed by atoms with Crippen molar-refractivity contribution in [3.8, 4) is 0 Å². The highest BCUT2D eigenvalue weighted by molar-refractivity contribution is 6.35. The minimum Gasteiger partial charge on any atom is -0.477 e. The van der Waals surface area contributed by atoms with Crippen LogP contribution < -0.4 is 0 Å². The minimum absolute atomic E-state index is 0.00264. The number of nitrogens with zero attached hydrogens (tertiary/aromatic N) is 4. The lowest BCUT2D eigenvalue weighted by Crippen LogP contribution is -2.50. The number of hydrogen-bond donors (Lipinski definition) is 1. The van der Waals surface area contributed by atoms with E-state index in [2.05, 4.69) is 10.00 Å². The highest BCUT2D eigenvalue weighted by atomic mass is 35.5. The molecule has 1 amide bonds. The van der Waals surface area contributed by atoms with E-state index in [1.807, 2.05) is 18.2 Å². The van der Waals surface area contributed by atoms with Crippen LogP contribution in [0.2, 0.25) is 10.0 Å². The molecule has 0 aliphatic carbocycles. The fourth-order valence-electron chi connectivity index (χ4n) is 3.19. The molecule has 1 aromatic heterocycles. The molecular formula is C18H20Cl2N4O3. The molecule has 9 heteroatoms. The van der Waals surface area contributed by atoms with Crippen molar-refractivity contribution in [2.24, 2.45) is 0 Å². The van der Waals surface area contributed by atoms with E-state index in [0.717, 1.165) is 5.56 Å². The molecule has 0 radical (unpaired) electrons. The van der Waals surface area contributed by atoms with Crippen LogP contribution >= 0.6 is 23.2 Å². The number of hydrogen-bond acceptors (Lipinski definition) is 4. The Labute approximate surface area is 167 Å². The third-order valence-corrected chi connectivity index (χ3v) is 5.45. The van der Waals surface area contributed by atoms with Crippen LogP contribution in [0.3, 0.4) is 0 Å². The van der Waals surface area contributed by atoms with Crippen LogP contribution in [0, 0.1) is 0 Å². The zero-order valence-electron chi connectivity index (χ0n) is 14.8. The van der Waals surface area contributed by atoms with Crippen LogP contribution in [0.5, 0.6) is 0 Å². The van der Waals surface area contributed by atoms with Gasteiger partial charge < -0.3 is 10.0 Å². The van der Waals surface area contributed by atoms with Gasteiger partial charge in [-0.2, -0.15) is 5.10 Å². The molecule has 1 aliphatic heterocycles. The number of carboxylic acids is 1. The molecule has 1 saturated heterocycles. The molecule has 1 unspecified atom stereocenters. The zero-order valence-corrected chi connectivity index (χ0v) is 16.3. The summed E-state index contributed by atoms with van der Waals surface area (Å²) in [5, 5.41) is 14.5. The second-order valence-electron chi connectivity index (χ2n) is 6.44. The predicted octanol–water partition coefficient (Wildman–Crippen LogP) is 2.79. The molecule has 3 rings (SSSR count). The maximum atomic E-state index is 12.8. The maximum Gasteiger partial charge on any atom is 0.354 e. The molecule has 1 N–H and O–H groups in total.